The number of hydrogen-bond acceptors (Lipinski definition) is 3. The number of esters is 1. The molecule has 9 heteroatoms. The van der Waals surface area contributed by atoms with Crippen LogP contribution in [0.1, 0.15) is 73.1 Å². The number of carbonyl (C=O) groups is 1. The SMILES string of the molecule is COC(=O)c1c(C(F)(F)F)c(C2CC3(CC3)C2)nn1CC1(C)CC(F)(F)C1. The summed E-state index contributed by atoms with van der Waals surface area (Å²) in [5.41, 5.74) is -2.63. The molecule has 3 aliphatic rings. The quantitative estimate of drug-likeness (QED) is 0.547. The number of halogens is 5. The Kier molecular flexibility index (Phi) is 3.77. The van der Waals surface area contributed by atoms with Gasteiger partial charge in [0.25, 0.3) is 0 Å². The van der Waals surface area contributed by atoms with E-state index in [2.05, 4.69) is 9.84 Å². The predicted molar refractivity (Wildman–Crippen MR) is 84.5 cm³/mol. The summed E-state index contributed by atoms with van der Waals surface area (Å²) in [6, 6.07) is 0. The van der Waals surface area contributed by atoms with E-state index in [-0.39, 0.29) is 23.6 Å². The summed E-state index contributed by atoms with van der Waals surface area (Å²) < 4.78 is 73.6. The Morgan fingerprint density at radius 3 is 2.30 bits per heavy atom. The van der Waals surface area contributed by atoms with Crippen LogP contribution in [-0.2, 0) is 17.5 Å². The maximum atomic E-state index is 13.8. The van der Waals surface area contributed by atoms with Gasteiger partial charge in [-0.05, 0) is 36.5 Å². The fraction of sp³-hybridized carbons (Fsp3) is 0.778. The molecule has 0 N–H and O–H groups in total. The van der Waals surface area contributed by atoms with Crippen LogP contribution in [-0.4, -0.2) is 28.8 Å². The molecule has 0 radical (unpaired) electrons. The van der Waals surface area contributed by atoms with E-state index in [9.17, 15) is 26.7 Å². The number of hydrogen-bond donors (Lipinski definition) is 0. The highest BCUT2D eigenvalue weighted by Gasteiger charge is 2.57. The van der Waals surface area contributed by atoms with Crippen LogP contribution in [0.3, 0.4) is 0 Å². The lowest BCUT2D eigenvalue weighted by Gasteiger charge is -2.44. The van der Waals surface area contributed by atoms with Gasteiger partial charge >= 0.3 is 12.1 Å². The second-order valence-corrected chi connectivity index (χ2v) is 8.88. The van der Waals surface area contributed by atoms with Gasteiger partial charge < -0.3 is 4.74 Å². The van der Waals surface area contributed by atoms with Crippen molar-refractivity contribution in [3.63, 3.8) is 0 Å². The first kappa shape index (κ1) is 18.7. The Bertz CT molecular complexity index is 778. The molecule has 3 aliphatic carbocycles. The van der Waals surface area contributed by atoms with Gasteiger partial charge in [0, 0.05) is 25.3 Å². The monoisotopic (exact) mass is 392 g/mol. The molecule has 0 saturated heterocycles. The van der Waals surface area contributed by atoms with Gasteiger partial charge in [0.1, 0.15) is 5.56 Å². The Balaban J connectivity index is 1.73. The van der Waals surface area contributed by atoms with Gasteiger partial charge in [0.05, 0.1) is 12.8 Å². The molecule has 0 aliphatic heterocycles. The van der Waals surface area contributed by atoms with Crippen molar-refractivity contribution >= 4 is 5.97 Å². The minimum atomic E-state index is -4.77. The van der Waals surface area contributed by atoms with Crippen LogP contribution in [0.25, 0.3) is 0 Å². The number of rotatable bonds is 4. The number of nitrogens with zero attached hydrogens (tertiary/aromatic N) is 2. The van der Waals surface area contributed by atoms with Crippen molar-refractivity contribution in [3.05, 3.63) is 17.0 Å². The minimum Gasteiger partial charge on any atom is -0.464 e. The summed E-state index contributed by atoms with van der Waals surface area (Å²) in [4.78, 5) is 12.2. The summed E-state index contributed by atoms with van der Waals surface area (Å²) in [7, 11) is 1.00. The maximum Gasteiger partial charge on any atom is 0.420 e. The fourth-order valence-electron chi connectivity index (χ4n) is 4.90. The summed E-state index contributed by atoms with van der Waals surface area (Å²) in [6.45, 7) is 1.40. The minimum absolute atomic E-state index is 0.143. The molecule has 0 unspecified atom stereocenters. The molecule has 0 amide bonds. The van der Waals surface area contributed by atoms with Gasteiger partial charge in [-0.1, -0.05) is 6.92 Å². The van der Waals surface area contributed by atoms with Gasteiger partial charge in [-0.25, -0.2) is 13.6 Å². The number of aromatic nitrogens is 2. The van der Waals surface area contributed by atoms with E-state index in [0.29, 0.717) is 12.8 Å². The number of alkyl halides is 5. The smallest absolute Gasteiger partial charge is 0.420 e. The van der Waals surface area contributed by atoms with Gasteiger partial charge in [-0.3, -0.25) is 4.68 Å². The molecular formula is C18H21F5N2O2. The van der Waals surface area contributed by atoms with Gasteiger partial charge in [0.2, 0.25) is 5.92 Å². The van der Waals surface area contributed by atoms with Crippen molar-refractivity contribution < 1.29 is 31.5 Å². The molecule has 4 nitrogen and oxygen atoms in total. The highest BCUT2D eigenvalue weighted by atomic mass is 19.4. The van der Waals surface area contributed by atoms with Gasteiger partial charge in [-0.2, -0.15) is 18.3 Å². The van der Waals surface area contributed by atoms with E-state index >= 15 is 0 Å². The average molecular weight is 392 g/mol. The van der Waals surface area contributed by atoms with Crippen LogP contribution in [0.2, 0.25) is 0 Å². The Morgan fingerprint density at radius 2 is 1.85 bits per heavy atom. The fourth-order valence-corrected chi connectivity index (χ4v) is 4.90. The number of carbonyl (C=O) groups excluding carboxylic acids is 1. The highest BCUT2D eigenvalue weighted by molar-refractivity contribution is 5.90. The molecular weight excluding hydrogens is 371 g/mol. The van der Waals surface area contributed by atoms with Crippen LogP contribution in [0, 0.1) is 10.8 Å². The van der Waals surface area contributed by atoms with Crippen LogP contribution >= 0.6 is 0 Å². The summed E-state index contributed by atoms with van der Waals surface area (Å²) in [5.74, 6) is -4.32. The molecule has 1 aromatic heterocycles. The van der Waals surface area contributed by atoms with Crippen molar-refractivity contribution in [2.75, 3.05) is 7.11 Å². The third kappa shape index (κ3) is 3.12. The van der Waals surface area contributed by atoms with E-state index < -0.39 is 47.6 Å². The lowest BCUT2D eigenvalue weighted by atomic mass is 9.67. The van der Waals surface area contributed by atoms with Crippen LogP contribution in [0.4, 0.5) is 22.0 Å². The first-order chi connectivity index (χ1) is 12.4. The third-order valence-electron chi connectivity index (χ3n) is 6.25. The van der Waals surface area contributed by atoms with E-state index in [1.54, 1.807) is 6.92 Å². The van der Waals surface area contributed by atoms with Crippen molar-refractivity contribution in [2.24, 2.45) is 10.8 Å². The Labute approximate surface area is 153 Å². The first-order valence-electron chi connectivity index (χ1n) is 9.01. The molecule has 1 heterocycles. The van der Waals surface area contributed by atoms with Crippen LogP contribution < -0.4 is 0 Å². The summed E-state index contributed by atoms with van der Waals surface area (Å²) >= 11 is 0. The molecule has 0 aromatic carbocycles. The van der Waals surface area contributed by atoms with Crippen molar-refractivity contribution in [3.8, 4) is 0 Å². The summed E-state index contributed by atoms with van der Waals surface area (Å²) in [5, 5.41) is 4.13. The lowest BCUT2D eigenvalue weighted by molar-refractivity contribution is -0.160. The molecule has 4 rings (SSSR count). The number of methoxy groups -OCH3 is 1. The van der Waals surface area contributed by atoms with E-state index in [1.807, 2.05) is 0 Å². The molecule has 3 saturated carbocycles. The molecule has 3 fully saturated rings. The van der Waals surface area contributed by atoms with Crippen molar-refractivity contribution in [1.29, 1.82) is 0 Å². The molecule has 0 atom stereocenters. The predicted octanol–water partition coefficient (Wildman–Crippen LogP) is 4.78. The van der Waals surface area contributed by atoms with Crippen LogP contribution in [0.15, 0.2) is 0 Å². The molecule has 0 bridgehead atoms. The van der Waals surface area contributed by atoms with E-state index in [1.165, 1.54) is 0 Å². The zero-order chi connectivity index (χ0) is 19.8. The average Bonchev–Trinajstić information content (AvgIpc) is 3.18. The molecule has 1 aromatic rings. The van der Waals surface area contributed by atoms with Gasteiger partial charge in [-0.15, -0.1) is 0 Å². The second kappa shape index (κ2) is 5.44. The van der Waals surface area contributed by atoms with Gasteiger partial charge in [0.15, 0.2) is 5.69 Å². The number of ether oxygens (including phenoxy) is 1. The van der Waals surface area contributed by atoms with Crippen molar-refractivity contribution in [1.82, 2.24) is 9.78 Å². The molecule has 1 spiro atoms. The standard InChI is InChI=1S/C18H21F5N2O2/c1-15(7-17(19,20)8-15)9-25-13(14(26)27-2)11(18(21,22)23)12(24-25)10-5-16(6-10)3-4-16/h10H,3-9H2,1-2H3. The molecule has 150 valence electrons. The molecule has 27 heavy (non-hydrogen) atoms. The Morgan fingerprint density at radius 1 is 1.26 bits per heavy atom. The zero-order valence-electron chi connectivity index (χ0n) is 15.1. The van der Waals surface area contributed by atoms with Crippen molar-refractivity contribution in [2.45, 2.75) is 70.0 Å². The summed E-state index contributed by atoms with van der Waals surface area (Å²) in [6.07, 6.45) is -2.36. The largest absolute Gasteiger partial charge is 0.464 e. The maximum absolute atomic E-state index is 13.8. The van der Waals surface area contributed by atoms with E-state index in [4.69, 9.17) is 0 Å². The highest BCUT2D eigenvalue weighted by Crippen LogP contribution is 2.66. The zero-order valence-corrected chi connectivity index (χ0v) is 15.1. The lowest BCUT2D eigenvalue weighted by Crippen LogP contribution is -2.47. The first-order valence-corrected chi connectivity index (χ1v) is 9.01. The topological polar surface area (TPSA) is 44.1 Å². The third-order valence-corrected chi connectivity index (χ3v) is 6.25. The van der Waals surface area contributed by atoms with E-state index in [0.717, 1.165) is 24.6 Å². The van der Waals surface area contributed by atoms with Crippen LogP contribution in [0.5, 0.6) is 0 Å². The second-order valence-electron chi connectivity index (χ2n) is 8.88. The Hall–Kier alpha value is -1.67. The normalized spacial score (nSPS) is 25.0.